The lowest BCUT2D eigenvalue weighted by Gasteiger charge is -2.35. The number of amides is 1. The number of rotatable bonds is 7. The molecule has 0 radical (unpaired) electrons. The fraction of sp³-hybridized carbons (Fsp3) is 0.615. The van der Waals surface area contributed by atoms with E-state index in [1.807, 2.05) is 6.07 Å². The zero-order chi connectivity index (χ0) is 27.4. The Morgan fingerprint density at radius 3 is 2.59 bits per heavy atom. The topological polar surface area (TPSA) is 102 Å². The molecule has 3 aliphatic rings. The Morgan fingerprint density at radius 2 is 1.90 bits per heavy atom. The van der Waals surface area contributed by atoms with Crippen molar-refractivity contribution in [2.45, 2.75) is 55.3 Å². The Hall–Kier alpha value is -2.54. The van der Waals surface area contributed by atoms with Crippen LogP contribution in [-0.2, 0) is 22.1 Å². The quantitative estimate of drug-likeness (QED) is 0.492. The third kappa shape index (κ3) is 6.79. The Labute approximate surface area is 229 Å². The van der Waals surface area contributed by atoms with Crippen molar-refractivity contribution >= 4 is 17.5 Å². The van der Waals surface area contributed by atoms with Gasteiger partial charge >= 0.3 is 6.18 Å². The number of alkyl halides is 4. The Balaban J connectivity index is 1.30. The summed E-state index contributed by atoms with van der Waals surface area (Å²) in [6, 6.07) is 3.25. The molecule has 2 saturated heterocycles. The predicted molar refractivity (Wildman–Crippen MR) is 137 cm³/mol. The van der Waals surface area contributed by atoms with Crippen molar-refractivity contribution in [1.29, 1.82) is 0 Å². The molecule has 2 aliphatic heterocycles. The number of halogens is 4. The molecular formula is C26H32ClF3N6O3. The summed E-state index contributed by atoms with van der Waals surface area (Å²) in [5, 5.41) is 5.90. The van der Waals surface area contributed by atoms with Gasteiger partial charge in [-0.2, -0.15) is 13.2 Å². The second-order valence-electron chi connectivity index (χ2n) is 10.0. The van der Waals surface area contributed by atoms with Crippen molar-refractivity contribution in [3.8, 4) is 5.88 Å². The molecule has 2 aromatic rings. The van der Waals surface area contributed by atoms with Gasteiger partial charge in [-0.15, -0.1) is 11.6 Å². The van der Waals surface area contributed by atoms with E-state index in [1.54, 1.807) is 6.07 Å². The summed E-state index contributed by atoms with van der Waals surface area (Å²) < 4.78 is 50.5. The lowest BCUT2D eigenvalue weighted by atomic mass is 9.84. The van der Waals surface area contributed by atoms with E-state index >= 15 is 0 Å². The fourth-order valence-corrected chi connectivity index (χ4v) is 5.74. The molecule has 1 aliphatic carbocycles. The number of carbonyl (C=O) groups is 1. The van der Waals surface area contributed by atoms with Gasteiger partial charge < -0.3 is 20.1 Å². The largest absolute Gasteiger partial charge is 0.474 e. The van der Waals surface area contributed by atoms with Crippen molar-refractivity contribution < 1.29 is 27.4 Å². The molecule has 0 aromatic carbocycles. The summed E-state index contributed by atoms with van der Waals surface area (Å²) in [4.78, 5) is 27.3. The summed E-state index contributed by atoms with van der Waals surface area (Å²) in [7, 11) is 0. The molecule has 5 rings (SSSR count). The molecule has 212 valence electrons. The zero-order valence-electron chi connectivity index (χ0n) is 21.4. The van der Waals surface area contributed by atoms with Crippen LogP contribution in [0, 0.1) is 0 Å². The lowest BCUT2D eigenvalue weighted by molar-refractivity contribution is -0.145. The highest BCUT2D eigenvalue weighted by molar-refractivity contribution is 6.23. The van der Waals surface area contributed by atoms with Crippen LogP contribution in [0.4, 0.5) is 13.2 Å². The van der Waals surface area contributed by atoms with E-state index in [-0.39, 0.29) is 18.6 Å². The Bertz CT molecular complexity index is 1130. The summed E-state index contributed by atoms with van der Waals surface area (Å²) in [5.74, 6) is -1.50. The molecule has 4 heterocycles. The minimum atomic E-state index is -4.63. The highest BCUT2D eigenvalue weighted by Crippen LogP contribution is 2.36. The minimum Gasteiger partial charge on any atom is -0.474 e. The van der Waals surface area contributed by atoms with Crippen molar-refractivity contribution in [2.24, 2.45) is 0 Å². The number of aryl methyl sites for hydroxylation is 1. The highest BCUT2D eigenvalue weighted by Gasteiger charge is 2.37. The van der Waals surface area contributed by atoms with Crippen LogP contribution in [0.15, 0.2) is 24.5 Å². The van der Waals surface area contributed by atoms with Gasteiger partial charge in [0.15, 0.2) is 0 Å². The van der Waals surface area contributed by atoms with Crippen LogP contribution in [0.3, 0.4) is 0 Å². The number of morpholine rings is 1. The fourth-order valence-electron chi connectivity index (χ4n) is 5.38. The van der Waals surface area contributed by atoms with Crippen LogP contribution < -0.4 is 15.4 Å². The zero-order valence-corrected chi connectivity index (χ0v) is 22.2. The second kappa shape index (κ2) is 12.3. The standard InChI is InChI=1S/C26H32ClF3N6O3/c27-19-2-3-20-18(1-4-22(35-20)39-17-5-7-31-8-6-17)23(19)24(37)32-15-21(36-9-11-38-12-10-36)16-13-33-25(34-14-16)26(28,29)30/h1,4,13-14,17,19,21,23,31H,2-3,5-12,15H2,(H,32,37). The van der Waals surface area contributed by atoms with Crippen molar-refractivity contribution in [1.82, 2.24) is 30.5 Å². The maximum Gasteiger partial charge on any atom is 0.451 e. The Morgan fingerprint density at radius 1 is 1.18 bits per heavy atom. The highest BCUT2D eigenvalue weighted by atomic mass is 35.5. The van der Waals surface area contributed by atoms with E-state index in [9.17, 15) is 18.0 Å². The maximum atomic E-state index is 13.5. The molecule has 13 heteroatoms. The first-order chi connectivity index (χ1) is 18.8. The van der Waals surface area contributed by atoms with E-state index < -0.39 is 29.3 Å². The number of carbonyl (C=O) groups excluding carboxylic acids is 1. The van der Waals surface area contributed by atoms with Crippen LogP contribution in [0.5, 0.6) is 5.88 Å². The molecule has 2 fully saturated rings. The smallest absolute Gasteiger partial charge is 0.451 e. The van der Waals surface area contributed by atoms with Crippen LogP contribution in [0.2, 0.25) is 0 Å². The minimum absolute atomic E-state index is 0.117. The number of hydrogen-bond acceptors (Lipinski definition) is 8. The first kappa shape index (κ1) is 28.0. The first-order valence-corrected chi connectivity index (χ1v) is 13.7. The predicted octanol–water partition coefficient (Wildman–Crippen LogP) is 2.85. The number of hydrogen-bond donors (Lipinski definition) is 2. The van der Waals surface area contributed by atoms with Crippen LogP contribution in [0.25, 0.3) is 0 Å². The van der Waals surface area contributed by atoms with Crippen molar-refractivity contribution in [3.63, 3.8) is 0 Å². The summed E-state index contributed by atoms with van der Waals surface area (Å²) >= 11 is 6.66. The van der Waals surface area contributed by atoms with Gasteiger partial charge in [0.1, 0.15) is 6.10 Å². The normalized spacial score (nSPS) is 23.6. The van der Waals surface area contributed by atoms with Gasteiger partial charge in [-0.3, -0.25) is 9.69 Å². The van der Waals surface area contributed by atoms with E-state index in [1.165, 1.54) is 12.4 Å². The number of nitrogens with one attached hydrogen (secondary N) is 2. The van der Waals surface area contributed by atoms with Crippen molar-refractivity contribution in [2.75, 3.05) is 45.9 Å². The molecule has 0 spiro atoms. The van der Waals surface area contributed by atoms with Gasteiger partial charge in [-0.05, 0) is 44.3 Å². The SMILES string of the molecule is O=C(NCC(c1cnc(C(F)(F)F)nc1)N1CCOCC1)C1c2ccc(OC3CCNCC3)nc2CCC1Cl. The number of fused-ring (bicyclic) bond motifs is 1. The van der Waals surface area contributed by atoms with E-state index in [4.69, 9.17) is 26.1 Å². The third-order valence-electron chi connectivity index (χ3n) is 7.46. The third-order valence-corrected chi connectivity index (χ3v) is 7.93. The summed E-state index contributed by atoms with van der Waals surface area (Å²) in [5.41, 5.74) is 2.06. The molecule has 2 aromatic heterocycles. The van der Waals surface area contributed by atoms with E-state index in [0.29, 0.717) is 50.6 Å². The van der Waals surface area contributed by atoms with Gasteiger partial charge in [0.2, 0.25) is 17.6 Å². The summed E-state index contributed by atoms with van der Waals surface area (Å²) in [6.45, 7) is 4.09. The van der Waals surface area contributed by atoms with Crippen molar-refractivity contribution in [3.05, 3.63) is 47.2 Å². The van der Waals surface area contributed by atoms with Gasteiger partial charge in [-0.1, -0.05) is 6.07 Å². The van der Waals surface area contributed by atoms with E-state index in [2.05, 4.69) is 25.5 Å². The number of piperidine rings is 1. The molecule has 9 nitrogen and oxygen atoms in total. The molecule has 3 atom stereocenters. The Kier molecular flexibility index (Phi) is 8.85. The van der Waals surface area contributed by atoms with Crippen LogP contribution >= 0.6 is 11.6 Å². The molecule has 39 heavy (non-hydrogen) atoms. The van der Waals surface area contributed by atoms with E-state index in [0.717, 1.165) is 37.2 Å². The molecule has 2 N–H and O–H groups in total. The van der Waals surface area contributed by atoms with Gasteiger partial charge in [0, 0.05) is 54.7 Å². The molecular weight excluding hydrogens is 537 g/mol. The first-order valence-electron chi connectivity index (χ1n) is 13.3. The number of ether oxygens (including phenoxy) is 2. The number of aromatic nitrogens is 3. The second-order valence-corrected chi connectivity index (χ2v) is 10.6. The number of pyridine rings is 1. The molecule has 3 unspecified atom stereocenters. The van der Waals surface area contributed by atoms with Crippen LogP contribution in [0.1, 0.15) is 53.9 Å². The molecule has 0 bridgehead atoms. The molecule has 1 amide bonds. The van der Waals surface area contributed by atoms with Crippen LogP contribution in [-0.4, -0.2) is 83.2 Å². The van der Waals surface area contributed by atoms with Gasteiger partial charge in [0.05, 0.1) is 25.2 Å². The van der Waals surface area contributed by atoms with Gasteiger partial charge in [0.25, 0.3) is 0 Å². The molecule has 0 saturated carbocycles. The monoisotopic (exact) mass is 568 g/mol. The van der Waals surface area contributed by atoms with Gasteiger partial charge in [-0.25, -0.2) is 15.0 Å². The lowest BCUT2D eigenvalue weighted by Crippen LogP contribution is -2.45. The average Bonchev–Trinajstić information content (AvgIpc) is 2.94. The summed E-state index contributed by atoms with van der Waals surface area (Å²) in [6.07, 6.45) is 0.922. The number of nitrogens with zero attached hydrogens (tertiary/aromatic N) is 4. The average molecular weight is 569 g/mol. The maximum absolute atomic E-state index is 13.5.